The Kier molecular flexibility index (Phi) is 3.43. The minimum Gasteiger partial charge on any atom is -0.489 e. The van der Waals surface area contributed by atoms with Crippen LogP contribution in [-0.4, -0.2) is 18.3 Å². The molecular weight excluding hydrogens is 236 g/mol. The largest absolute Gasteiger partial charge is 0.489 e. The topological polar surface area (TPSA) is 93.2 Å². The standard InChI is InChI=1S/C9H5ClN2O4/c1-16-9-6(3-11)8(10)5(4-13)2-7(9)12(14)15/h2,4H,1H3. The molecule has 0 fully saturated rings. The normalized spacial score (nSPS) is 9.31. The Balaban J connectivity index is 3.71. The van der Waals surface area contributed by atoms with Crippen LogP contribution < -0.4 is 4.74 Å². The molecule has 0 saturated carbocycles. The van der Waals surface area contributed by atoms with Gasteiger partial charge in [0.05, 0.1) is 17.1 Å². The average molecular weight is 241 g/mol. The van der Waals surface area contributed by atoms with E-state index in [-0.39, 0.29) is 21.9 Å². The van der Waals surface area contributed by atoms with Crippen molar-refractivity contribution in [3.05, 3.63) is 32.3 Å². The van der Waals surface area contributed by atoms with Crippen molar-refractivity contribution < 1.29 is 14.5 Å². The number of nitrogens with zero attached hydrogens (tertiary/aromatic N) is 2. The summed E-state index contributed by atoms with van der Waals surface area (Å²) in [6.07, 6.45) is 0.343. The lowest BCUT2D eigenvalue weighted by molar-refractivity contribution is -0.385. The second-order valence-corrected chi connectivity index (χ2v) is 3.07. The number of benzene rings is 1. The van der Waals surface area contributed by atoms with Gasteiger partial charge in [-0.25, -0.2) is 0 Å². The van der Waals surface area contributed by atoms with Crippen LogP contribution in [0.5, 0.6) is 5.75 Å². The van der Waals surface area contributed by atoms with Gasteiger partial charge in [-0.05, 0) is 0 Å². The monoisotopic (exact) mass is 240 g/mol. The van der Waals surface area contributed by atoms with Crippen molar-refractivity contribution in [3.63, 3.8) is 0 Å². The first kappa shape index (κ1) is 11.9. The molecule has 0 heterocycles. The number of hydrogen-bond donors (Lipinski definition) is 0. The van der Waals surface area contributed by atoms with E-state index >= 15 is 0 Å². The summed E-state index contributed by atoms with van der Waals surface area (Å²) in [5.74, 6) is -0.247. The number of aldehydes is 1. The molecule has 1 aromatic rings. The Labute approximate surface area is 95.2 Å². The molecule has 1 rings (SSSR count). The van der Waals surface area contributed by atoms with Crippen molar-refractivity contribution in [1.82, 2.24) is 0 Å². The van der Waals surface area contributed by atoms with Crippen molar-refractivity contribution in [2.24, 2.45) is 0 Å². The van der Waals surface area contributed by atoms with Crippen molar-refractivity contribution in [2.75, 3.05) is 7.11 Å². The van der Waals surface area contributed by atoms with Crippen LogP contribution in [0.3, 0.4) is 0 Å². The quantitative estimate of drug-likeness (QED) is 0.457. The van der Waals surface area contributed by atoms with Gasteiger partial charge >= 0.3 is 5.69 Å². The fraction of sp³-hybridized carbons (Fsp3) is 0.111. The van der Waals surface area contributed by atoms with Crippen molar-refractivity contribution in [3.8, 4) is 11.8 Å². The van der Waals surface area contributed by atoms with Crippen molar-refractivity contribution in [1.29, 1.82) is 5.26 Å². The molecule has 7 heteroatoms. The lowest BCUT2D eigenvalue weighted by atomic mass is 10.1. The summed E-state index contributed by atoms with van der Waals surface area (Å²) in [6, 6.07) is 2.63. The summed E-state index contributed by atoms with van der Waals surface area (Å²) in [5, 5.41) is 19.3. The van der Waals surface area contributed by atoms with E-state index in [9.17, 15) is 14.9 Å². The molecule has 1 aromatic carbocycles. The average Bonchev–Trinajstić information content (AvgIpc) is 2.27. The molecule has 0 aliphatic heterocycles. The number of carbonyl (C=O) groups is 1. The Morgan fingerprint density at radius 1 is 1.69 bits per heavy atom. The molecule has 16 heavy (non-hydrogen) atoms. The molecule has 0 atom stereocenters. The van der Waals surface area contributed by atoms with E-state index in [0.29, 0.717) is 6.29 Å². The summed E-state index contributed by atoms with van der Waals surface area (Å²) in [6.45, 7) is 0. The molecule has 6 nitrogen and oxygen atoms in total. The second kappa shape index (κ2) is 4.59. The Morgan fingerprint density at radius 3 is 2.69 bits per heavy atom. The van der Waals surface area contributed by atoms with Crippen LogP contribution >= 0.6 is 11.6 Å². The van der Waals surface area contributed by atoms with Crippen LogP contribution in [0.15, 0.2) is 6.07 Å². The number of nitro groups is 1. The molecule has 0 aromatic heterocycles. The van der Waals surface area contributed by atoms with Crippen LogP contribution in [0.4, 0.5) is 5.69 Å². The third-order valence-corrected chi connectivity index (χ3v) is 2.27. The number of carbonyl (C=O) groups excluding carboxylic acids is 1. The molecule has 82 valence electrons. The van der Waals surface area contributed by atoms with E-state index < -0.39 is 10.6 Å². The number of ether oxygens (including phenoxy) is 1. The first-order valence-electron chi connectivity index (χ1n) is 3.97. The van der Waals surface area contributed by atoms with Crippen LogP contribution in [0.25, 0.3) is 0 Å². The van der Waals surface area contributed by atoms with Gasteiger partial charge in [-0.1, -0.05) is 11.6 Å². The highest BCUT2D eigenvalue weighted by Crippen LogP contribution is 2.37. The van der Waals surface area contributed by atoms with Crippen LogP contribution in [0.2, 0.25) is 5.02 Å². The first-order valence-corrected chi connectivity index (χ1v) is 4.34. The number of hydrogen-bond acceptors (Lipinski definition) is 5. The number of nitriles is 1. The van der Waals surface area contributed by atoms with E-state index in [2.05, 4.69) is 0 Å². The van der Waals surface area contributed by atoms with Gasteiger partial charge in [0.2, 0.25) is 5.75 Å². The van der Waals surface area contributed by atoms with Crippen LogP contribution in [-0.2, 0) is 0 Å². The molecule has 0 unspecified atom stereocenters. The van der Waals surface area contributed by atoms with E-state index in [1.54, 1.807) is 6.07 Å². The minimum absolute atomic E-state index is 0.120. The van der Waals surface area contributed by atoms with Crippen LogP contribution in [0, 0.1) is 21.4 Å². The zero-order valence-electron chi connectivity index (χ0n) is 8.06. The highest BCUT2D eigenvalue weighted by Gasteiger charge is 2.24. The maximum atomic E-state index is 10.7. The van der Waals surface area contributed by atoms with Gasteiger partial charge in [-0.2, -0.15) is 5.26 Å². The molecule has 0 bridgehead atoms. The molecule has 0 radical (unpaired) electrons. The number of halogens is 1. The first-order chi connectivity index (χ1) is 7.56. The van der Waals surface area contributed by atoms with E-state index in [0.717, 1.165) is 6.07 Å². The lowest BCUT2D eigenvalue weighted by Gasteiger charge is -2.06. The summed E-state index contributed by atoms with van der Waals surface area (Å²) < 4.78 is 4.74. The Morgan fingerprint density at radius 2 is 2.31 bits per heavy atom. The third kappa shape index (κ3) is 1.81. The van der Waals surface area contributed by atoms with Crippen molar-refractivity contribution in [2.45, 2.75) is 0 Å². The number of rotatable bonds is 3. The summed E-state index contributed by atoms with van der Waals surface area (Å²) in [5.41, 5.74) is -0.809. The predicted octanol–water partition coefficient (Wildman–Crippen LogP) is 1.94. The van der Waals surface area contributed by atoms with Crippen molar-refractivity contribution >= 4 is 23.6 Å². The Bertz CT molecular complexity index is 507. The molecule has 0 N–H and O–H groups in total. The summed E-state index contributed by atoms with van der Waals surface area (Å²) in [7, 11) is 1.18. The Hall–Kier alpha value is -2.13. The highest BCUT2D eigenvalue weighted by atomic mass is 35.5. The van der Waals surface area contributed by atoms with Gasteiger partial charge in [0.1, 0.15) is 11.6 Å². The van der Waals surface area contributed by atoms with E-state index in [1.807, 2.05) is 0 Å². The van der Waals surface area contributed by atoms with Crippen LogP contribution in [0.1, 0.15) is 15.9 Å². The molecule has 0 saturated heterocycles. The van der Waals surface area contributed by atoms with Gasteiger partial charge in [-0.3, -0.25) is 14.9 Å². The number of methoxy groups -OCH3 is 1. The highest BCUT2D eigenvalue weighted by molar-refractivity contribution is 6.34. The van der Waals surface area contributed by atoms with Gasteiger partial charge < -0.3 is 4.74 Å². The predicted molar refractivity (Wildman–Crippen MR) is 54.8 cm³/mol. The van der Waals surface area contributed by atoms with E-state index in [4.69, 9.17) is 21.6 Å². The third-order valence-electron chi connectivity index (χ3n) is 1.86. The fourth-order valence-electron chi connectivity index (χ4n) is 1.18. The maximum Gasteiger partial charge on any atom is 0.313 e. The minimum atomic E-state index is -0.747. The second-order valence-electron chi connectivity index (χ2n) is 2.69. The molecular formula is C9H5ClN2O4. The van der Waals surface area contributed by atoms with Gasteiger partial charge in [0.15, 0.2) is 6.29 Å². The van der Waals surface area contributed by atoms with Gasteiger partial charge in [-0.15, -0.1) is 0 Å². The number of nitro benzene ring substituents is 1. The fourth-order valence-corrected chi connectivity index (χ4v) is 1.40. The zero-order valence-corrected chi connectivity index (χ0v) is 8.82. The molecule has 0 spiro atoms. The zero-order chi connectivity index (χ0) is 12.3. The van der Waals surface area contributed by atoms with Gasteiger partial charge in [0, 0.05) is 11.6 Å². The molecule has 0 aliphatic carbocycles. The molecule has 0 amide bonds. The lowest BCUT2D eigenvalue weighted by Crippen LogP contribution is -1.99. The van der Waals surface area contributed by atoms with Gasteiger partial charge in [0.25, 0.3) is 0 Å². The summed E-state index contributed by atoms with van der Waals surface area (Å²) in [4.78, 5) is 20.6. The maximum absolute atomic E-state index is 10.7. The van der Waals surface area contributed by atoms with E-state index in [1.165, 1.54) is 7.11 Å². The SMILES string of the molecule is COc1c([N+](=O)[O-])cc(C=O)c(Cl)c1C#N. The molecule has 0 aliphatic rings. The smallest absolute Gasteiger partial charge is 0.313 e. The summed E-state index contributed by atoms with van der Waals surface area (Å²) >= 11 is 5.71.